The van der Waals surface area contributed by atoms with E-state index in [0.717, 1.165) is 5.56 Å². The number of aryl methyl sites for hydroxylation is 1. The standard InChI is InChI=1S/C14H14N4O2S/c1-10-4-5-13(12-3-2-6-16-14(10)12)21(19,20)18-8-11-7-15-9-17-11/h2-7,9,18H,8H2,1H3,(H,15,17). The highest BCUT2D eigenvalue weighted by atomic mass is 32.2. The van der Waals surface area contributed by atoms with Crippen LogP contribution in [0.4, 0.5) is 0 Å². The van der Waals surface area contributed by atoms with Crippen LogP contribution in [-0.2, 0) is 16.6 Å². The molecule has 0 aliphatic heterocycles. The summed E-state index contributed by atoms with van der Waals surface area (Å²) in [6.07, 6.45) is 4.75. The summed E-state index contributed by atoms with van der Waals surface area (Å²) in [5.74, 6) is 0. The Morgan fingerprint density at radius 2 is 2.14 bits per heavy atom. The normalized spacial score (nSPS) is 11.9. The van der Waals surface area contributed by atoms with Gasteiger partial charge in [-0.05, 0) is 30.7 Å². The fourth-order valence-corrected chi connectivity index (χ4v) is 3.36. The molecule has 0 spiro atoms. The summed E-state index contributed by atoms with van der Waals surface area (Å²) < 4.78 is 27.5. The van der Waals surface area contributed by atoms with Crippen molar-refractivity contribution in [2.24, 2.45) is 0 Å². The third-order valence-corrected chi connectivity index (χ3v) is 4.69. The number of pyridine rings is 1. The number of benzene rings is 1. The molecule has 0 amide bonds. The first-order valence-corrected chi connectivity index (χ1v) is 7.87. The van der Waals surface area contributed by atoms with E-state index in [-0.39, 0.29) is 11.4 Å². The van der Waals surface area contributed by atoms with Gasteiger partial charge in [0.05, 0.1) is 23.3 Å². The molecule has 0 bridgehead atoms. The maximum Gasteiger partial charge on any atom is 0.241 e. The van der Waals surface area contributed by atoms with E-state index in [9.17, 15) is 8.42 Å². The average molecular weight is 302 g/mol. The minimum atomic E-state index is -3.62. The molecule has 0 unspecified atom stereocenters. The molecule has 0 saturated carbocycles. The number of hydrogen-bond donors (Lipinski definition) is 2. The number of imidazole rings is 1. The van der Waals surface area contributed by atoms with Crippen molar-refractivity contribution < 1.29 is 8.42 Å². The molecule has 0 aliphatic carbocycles. The molecule has 0 saturated heterocycles. The van der Waals surface area contributed by atoms with Crippen LogP contribution in [0.2, 0.25) is 0 Å². The first-order valence-electron chi connectivity index (χ1n) is 6.39. The Morgan fingerprint density at radius 3 is 2.90 bits per heavy atom. The van der Waals surface area contributed by atoms with Gasteiger partial charge in [-0.2, -0.15) is 0 Å². The van der Waals surface area contributed by atoms with Gasteiger partial charge in [0.25, 0.3) is 0 Å². The van der Waals surface area contributed by atoms with E-state index in [1.807, 2.05) is 6.92 Å². The van der Waals surface area contributed by atoms with Gasteiger partial charge in [-0.25, -0.2) is 18.1 Å². The van der Waals surface area contributed by atoms with Crippen molar-refractivity contribution in [1.82, 2.24) is 19.7 Å². The Bertz CT molecular complexity index is 873. The van der Waals surface area contributed by atoms with Gasteiger partial charge < -0.3 is 4.98 Å². The van der Waals surface area contributed by atoms with Crippen LogP contribution in [0, 0.1) is 6.92 Å². The zero-order valence-electron chi connectivity index (χ0n) is 11.4. The van der Waals surface area contributed by atoms with Crippen LogP contribution in [0.5, 0.6) is 0 Å². The lowest BCUT2D eigenvalue weighted by Gasteiger charge is -2.10. The van der Waals surface area contributed by atoms with Crippen molar-refractivity contribution in [1.29, 1.82) is 0 Å². The van der Waals surface area contributed by atoms with Gasteiger partial charge in [0.2, 0.25) is 10.0 Å². The van der Waals surface area contributed by atoms with E-state index in [4.69, 9.17) is 0 Å². The highest BCUT2D eigenvalue weighted by Crippen LogP contribution is 2.24. The van der Waals surface area contributed by atoms with Crippen LogP contribution in [-0.4, -0.2) is 23.4 Å². The van der Waals surface area contributed by atoms with Crippen molar-refractivity contribution >= 4 is 20.9 Å². The zero-order chi connectivity index (χ0) is 14.9. The molecule has 108 valence electrons. The number of hydrogen-bond acceptors (Lipinski definition) is 4. The quantitative estimate of drug-likeness (QED) is 0.768. The molecule has 0 fully saturated rings. The fourth-order valence-electron chi connectivity index (χ4n) is 2.15. The summed E-state index contributed by atoms with van der Waals surface area (Å²) in [4.78, 5) is 11.2. The highest BCUT2D eigenvalue weighted by Gasteiger charge is 2.18. The predicted molar refractivity (Wildman–Crippen MR) is 79.1 cm³/mol. The SMILES string of the molecule is Cc1ccc(S(=O)(=O)NCc2cnc[nH]2)c2cccnc12. The lowest BCUT2D eigenvalue weighted by molar-refractivity contribution is 0.581. The number of H-pyrrole nitrogens is 1. The van der Waals surface area contributed by atoms with Crippen LogP contribution in [0.25, 0.3) is 10.9 Å². The number of sulfonamides is 1. The van der Waals surface area contributed by atoms with Gasteiger partial charge in [-0.15, -0.1) is 0 Å². The Balaban J connectivity index is 2.01. The number of fused-ring (bicyclic) bond motifs is 1. The third-order valence-electron chi connectivity index (χ3n) is 3.23. The van der Waals surface area contributed by atoms with E-state index in [2.05, 4.69) is 19.7 Å². The third kappa shape index (κ3) is 2.65. The zero-order valence-corrected chi connectivity index (χ0v) is 12.2. The van der Waals surface area contributed by atoms with E-state index in [0.29, 0.717) is 16.6 Å². The summed E-state index contributed by atoms with van der Waals surface area (Å²) in [6.45, 7) is 2.07. The van der Waals surface area contributed by atoms with E-state index >= 15 is 0 Å². The highest BCUT2D eigenvalue weighted by molar-refractivity contribution is 7.89. The van der Waals surface area contributed by atoms with Crippen LogP contribution in [0.15, 0.2) is 47.9 Å². The molecular weight excluding hydrogens is 288 g/mol. The fraction of sp³-hybridized carbons (Fsp3) is 0.143. The molecule has 6 nitrogen and oxygen atoms in total. The van der Waals surface area contributed by atoms with E-state index < -0.39 is 10.0 Å². The Kier molecular flexibility index (Phi) is 3.44. The summed E-state index contributed by atoms with van der Waals surface area (Å²) in [5.41, 5.74) is 2.34. The topological polar surface area (TPSA) is 87.7 Å². The molecule has 2 heterocycles. The molecule has 0 aliphatic rings. The van der Waals surface area contributed by atoms with Gasteiger partial charge in [0.1, 0.15) is 0 Å². The monoisotopic (exact) mass is 302 g/mol. The summed E-state index contributed by atoms with van der Waals surface area (Å²) in [5, 5.41) is 0.620. The molecule has 2 aromatic heterocycles. The Morgan fingerprint density at radius 1 is 1.29 bits per heavy atom. The minimum Gasteiger partial charge on any atom is -0.347 e. The van der Waals surface area contributed by atoms with Gasteiger partial charge in [0, 0.05) is 23.5 Å². The molecule has 3 rings (SSSR count). The molecule has 0 radical (unpaired) electrons. The number of nitrogens with zero attached hydrogens (tertiary/aromatic N) is 2. The smallest absolute Gasteiger partial charge is 0.241 e. The van der Waals surface area contributed by atoms with Gasteiger partial charge in [-0.3, -0.25) is 4.98 Å². The number of aromatic amines is 1. The minimum absolute atomic E-state index is 0.165. The molecule has 3 aromatic rings. The van der Waals surface area contributed by atoms with Crippen molar-refractivity contribution in [2.75, 3.05) is 0 Å². The second-order valence-corrected chi connectivity index (χ2v) is 6.42. The van der Waals surface area contributed by atoms with Gasteiger partial charge in [-0.1, -0.05) is 6.07 Å². The van der Waals surface area contributed by atoms with Crippen LogP contribution >= 0.6 is 0 Å². The van der Waals surface area contributed by atoms with Crippen LogP contribution in [0.1, 0.15) is 11.3 Å². The van der Waals surface area contributed by atoms with Crippen molar-refractivity contribution in [3.8, 4) is 0 Å². The Labute approximate surface area is 122 Å². The van der Waals surface area contributed by atoms with Crippen molar-refractivity contribution in [2.45, 2.75) is 18.4 Å². The number of nitrogens with one attached hydrogen (secondary N) is 2. The van der Waals surface area contributed by atoms with Gasteiger partial charge in [0.15, 0.2) is 0 Å². The Hall–Kier alpha value is -2.25. The average Bonchev–Trinajstić information content (AvgIpc) is 2.99. The lowest BCUT2D eigenvalue weighted by atomic mass is 10.1. The van der Waals surface area contributed by atoms with Crippen molar-refractivity contribution in [3.05, 3.63) is 54.2 Å². The molecule has 1 aromatic carbocycles. The van der Waals surface area contributed by atoms with E-state index in [1.54, 1.807) is 36.7 Å². The number of aromatic nitrogens is 3. The summed E-state index contributed by atoms with van der Waals surface area (Å²) in [7, 11) is -3.62. The molecule has 2 N–H and O–H groups in total. The summed E-state index contributed by atoms with van der Waals surface area (Å²) in [6, 6.07) is 6.87. The second kappa shape index (κ2) is 5.27. The molecule has 21 heavy (non-hydrogen) atoms. The van der Waals surface area contributed by atoms with E-state index in [1.165, 1.54) is 6.33 Å². The lowest BCUT2D eigenvalue weighted by Crippen LogP contribution is -2.23. The molecule has 0 atom stereocenters. The maximum atomic E-state index is 12.5. The first-order chi connectivity index (χ1) is 10.1. The maximum absolute atomic E-state index is 12.5. The molecule has 7 heteroatoms. The largest absolute Gasteiger partial charge is 0.347 e. The van der Waals surface area contributed by atoms with Gasteiger partial charge >= 0.3 is 0 Å². The number of rotatable bonds is 4. The molecular formula is C14H14N4O2S. The first kappa shape index (κ1) is 13.7. The van der Waals surface area contributed by atoms with Crippen LogP contribution < -0.4 is 4.72 Å². The predicted octanol–water partition coefficient (Wildman–Crippen LogP) is 1.74. The second-order valence-electron chi connectivity index (χ2n) is 4.68. The van der Waals surface area contributed by atoms with Crippen LogP contribution in [0.3, 0.4) is 0 Å². The van der Waals surface area contributed by atoms with Crippen molar-refractivity contribution in [3.63, 3.8) is 0 Å². The summed E-state index contributed by atoms with van der Waals surface area (Å²) >= 11 is 0.